The second-order valence-corrected chi connectivity index (χ2v) is 3.11. The molecule has 0 spiro atoms. The van der Waals surface area contributed by atoms with Crippen molar-refractivity contribution in [2.45, 2.75) is 13.3 Å². The standard InChI is InChI=1S/C10H17N3/c1-2-9(7-11)8-13-10-5-3-4-6-12-10/h3-6,9H,2,7-8,11H2,1H3,(H,12,13). The zero-order chi connectivity index (χ0) is 9.52. The smallest absolute Gasteiger partial charge is 0.125 e. The third-order valence-electron chi connectivity index (χ3n) is 2.15. The van der Waals surface area contributed by atoms with Crippen LogP contribution in [0.4, 0.5) is 5.82 Å². The predicted molar refractivity (Wildman–Crippen MR) is 55.6 cm³/mol. The van der Waals surface area contributed by atoms with Crippen molar-refractivity contribution in [3.8, 4) is 0 Å². The summed E-state index contributed by atoms with van der Waals surface area (Å²) in [6.45, 7) is 3.79. The molecule has 3 heteroatoms. The second kappa shape index (κ2) is 5.54. The summed E-state index contributed by atoms with van der Waals surface area (Å²) in [6.07, 6.45) is 2.89. The molecule has 1 aromatic rings. The van der Waals surface area contributed by atoms with Crippen LogP contribution >= 0.6 is 0 Å². The van der Waals surface area contributed by atoms with Crippen LogP contribution in [-0.4, -0.2) is 18.1 Å². The first-order chi connectivity index (χ1) is 6.36. The van der Waals surface area contributed by atoms with Gasteiger partial charge in [0.15, 0.2) is 0 Å². The van der Waals surface area contributed by atoms with E-state index in [1.165, 1.54) is 0 Å². The lowest BCUT2D eigenvalue weighted by Crippen LogP contribution is -2.22. The number of nitrogens with zero attached hydrogens (tertiary/aromatic N) is 1. The summed E-state index contributed by atoms with van der Waals surface area (Å²) >= 11 is 0. The van der Waals surface area contributed by atoms with Crippen LogP contribution in [0.15, 0.2) is 24.4 Å². The third-order valence-corrected chi connectivity index (χ3v) is 2.15. The zero-order valence-corrected chi connectivity index (χ0v) is 8.03. The fourth-order valence-corrected chi connectivity index (χ4v) is 1.11. The Bertz CT molecular complexity index is 219. The Labute approximate surface area is 79.4 Å². The summed E-state index contributed by atoms with van der Waals surface area (Å²) in [5, 5.41) is 3.26. The Morgan fingerprint density at radius 3 is 2.92 bits per heavy atom. The number of anilines is 1. The van der Waals surface area contributed by atoms with Crippen molar-refractivity contribution in [2.75, 3.05) is 18.4 Å². The van der Waals surface area contributed by atoms with Crippen LogP contribution in [0.2, 0.25) is 0 Å². The largest absolute Gasteiger partial charge is 0.370 e. The topological polar surface area (TPSA) is 50.9 Å². The van der Waals surface area contributed by atoms with E-state index in [0.29, 0.717) is 5.92 Å². The van der Waals surface area contributed by atoms with Crippen molar-refractivity contribution >= 4 is 5.82 Å². The Hall–Kier alpha value is -1.09. The molecule has 0 aromatic carbocycles. The highest BCUT2D eigenvalue weighted by molar-refractivity contribution is 5.32. The van der Waals surface area contributed by atoms with E-state index in [2.05, 4.69) is 17.2 Å². The minimum atomic E-state index is 0.544. The first-order valence-electron chi connectivity index (χ1n) is 4.71. The maximum absolute atomic E-state index is 5.59. The minimum Gasteiger partial charge on any atom is -0.370 e. The second-order valence-electron chi connectivity index (χ2n) is 3.11. The molecule has 0 fully saturated rings. The van der Waals surface area contributed by atoms with E-state index in [0.717, 1.165) is 25.3 Å². The lowest BCUT2D eigenvalue weighted by Gasteiger charge is -2.13. The summed E-state index contributed by atoms with van der Waals surface area (Å²) in [7, 11) is 0. The van der Waals surface area contributed by atoms with E-state index < -0.39 is 0 Å². The molecule has 0 saturated carbocycles. The van der Waals surface area contributed by atoms with Gasteiger partial charge in [-0.15, -0.1) is 0 Å². The predicted octanol–water partition coefficient (Wildman–Crippen LogP) is 1.48. The summed E-state index contributed by atoms with van der Waals surface area (Å²) in [4.78, 5) is 4.17. The van der Waals surface area contributed by atoms with Crippen LogP contribution in [0.1, 0.15) is 13.3 Å². The number of aromatic nitrogens is 1. The van der Waals surface area contributed by atoms with Crippen LogP contribution in [0, 0.1) is 5.92 Å². The van der Waals surface area contributed by atoms with E-state index in [9.17, 15) is 0 Å². The molecule has 0 aliphatic rings. The molecule has 1 rings (SSSR count). The molecule has 13 heavy (non-hydrogen) atoms. The molecule has 1 atom stereocenters. The molecule has 0 bridgehead atoms. The molecular weight excluding hydrogens is 162 g/mol. The molecule has 0 aliphatic carbocycles. The highest BCUT2D eigenvalue weighted by Crippen LogP contribution is 2.04. The van der Waals surface area contributed by atoms with Gasteiger partial charge in [-0.1, -0.05) is 19.4 Å². The lowest BCUT2D eigenvalue weighted by molar-refractivity contribution is 0.548. The van der Waals surface area contributed by atoms with Crippen molar-refractivity contribution in [2.24, 2.45) is 11.7 Å². The molecule has 1 heterocycles. The van der Waals surface area contributed by atoms with Gasteiger partial charge >= 0.3 is 0 Å². The first-order valence-corrected chi connectivity index (χ1v) is 4.71. The number of nitrogens with one attached hydrogen (secondary N) is 1. The molecule has 1 aromatic heterocycles. The zero-order valence-electron chi connectivity index (χ0n) is 8.03. The van der Waals surface area contributed by atoms with Gasteiger partial charge in [-0.3, -0.25) is 0 Å². The molecule has 72 valence electrons. The lowest BCUT2D eigenvalue weighted by atomic mass is 10.1. The molecule has 0 amide bonds. The monoisotopic (exact) mass is 179 g/mol. The van der Waals surface area contributed by atoms with Gasteiger partial charge in [-0.2, -0.15) is 0 Å². The molecule has 1 unspecified atom stereocenters. The third kappa shape index (κ3) is 3.42. The SMILES string of the molecule is CCC(CN)CNc1ccccn1. The Kier molecular flexibility index (Phi) is 4.26. The number of hydrogen-bond donors (Lipinski definition) is 2. The van der Waals surface area contributed by atoms with Crippen molar-refractivity contribution < 1.29 is 0 Å². The Morgan fingerprint density at radius 1 is 1.54 bits per heavy atom. The van der Waals surface area contributed by atoms with Crippen LogP contribution in [0.25, 0.3) is 0 Å². The summed E-state index contributed by atoms with van der Waals surface area (Å²) in [5.74, 6) is 1.47. The summed E-state index contributed by atoms with van der Waals surface area (Å²) < 4.78 is 0. The van der Waals surface area contributed by atoms with Gasteiger partial charge < -0.3 is 11.1 Å². The minimum absolute atomic E-state index is 0.544. The quantitative estimate of drug-likeness (QED) is 0.719. The van der Waals surface area contributed by atoms with Gasteiger partial charge in [-0.25, -0.2) is 4.98 Å². The van der Waals surface area contributed by atoms with E-state index >= 15 is 0 Å². The molecule has 0 radical (unpaired) electrons. The van der Waals surface area contributed by atoms with Crippen molar-refractivity contribution in [3.05, 3.63) is 24.4 Å². The van der Waals surface area contributed by atoms with Gasteiger partial charge in [0.2, 0.25) is 0 Å². The van der Waals surface area contributed by atoms with E-state index in [1.807, 2.05) is 18.2 Å². The molecule has 0 saturated heterocycles. The van der Waals surface area contributed by atoms with Gasteiger partial charge in [0, 0.05) is 12.7 Å². The average Bonchev–Trinajstić information content (AvgIpc) is 2.21. The van der Waals surface area contributed by atoms with Crippen molar-refractivity contribution in [1.29, 1.82) is 0 Å². The normalized spacial score (nSPS) is 12.5. The highest BCUT2D eigenvalue weighted by Gasteiger charge is 2.02. The summed E-state index contributed by atoms with van der Waals surface area (Å²) in [5.41, 5.74) is 5.59. The van der Waals surface area contributed by atoms with Gasteiger partial charge in [0.1, 0.15) is 5.82 Å². The van der Waals surface area contributed by atoms with Crippen molar-refractivity contribution in [1.82, 2.24) is 4.98 Å². The Morgan fingerprint density at radius 2 is 2.38 bits per heavy atom. The fourth-order valence-electron chi connectivity index (χ4n) is 1.11. The van der Waals surface area contributed by atoms with Gasteiger partial charge in [0.25, 0.3) is 0 Å². The van der Waals surface area contributed by atoms with Crippen LogP contribution in [0.5, 0.6) is 0 Å². The first kappa shape index (κ1) is 9.99. The average molecular weight is 179 g/mol. The van der Waals surface area contributed by atoms with Crippen LogP contribution < -0.4 is 11.1 Å². The van der Waals surface area contributed by atoms with Crippen LogP contribution in [-0.2, 0) is 0 Å². The Balaban J connectivity index is 2.34. The molecule has 3 N–H and O–H groups in total. The number of rotatable bonds is 5. The van der Waals surface area contributed by atoms with E-state index in [1.54, 1.807) is 6.20 Å². The number of pyridine rings is 1. The molecule has 3 nitrogen and oxygen atoms in total. The van der Waals surface area contributed by atoms with Gasteiger partial charge in [-0.05, 0) is 24.6 Å². The molecule has 0 aliphatic heterocycles. The number of hydrogen-bond acceptors (Lipinski definition) is 3. The fraction of sp³-hybridized carbons (Fsp3) is 0.500. The van der Waals surface area contributed by atoms with Crippen LogP contribution in [0.3, 0.4) is 0 Å². The van der Waals surface area contributed by atoms with E-state index in [-0.39, 0.29) is 0 Å². The maximum Gasteiger partial charge on any atom is 0.125 e. The van der Waals surface area contributed by atoms with Gasteiger partial charge in [0.05, 0.1) is 0 Å². The molecular formula is C10H17N3. The number of nitrogens with two attached hydrogens (primary N) is 1. The maximum atomic E-state index is 5.59. The summed E-state index contributed by atoms with van der Waals surface area (Å²) in [6, 6.07) is 5.84. The van der Waals surface area contributed by atoms with E-state index in [4.69, 9.17) is 5.73 Å². The highest BCUT2D eigenvalue weighted by atomic mass is 15.0. The van der Waals surface area contributed by atoms with Crippen molar-refractivity contribution in [3.63, 3.8) is 0 Å².